The van der Waals surface area contributed by atoms with E-state index in [4.69, 9.17) is 5.73 Å². The second-order valence-electron chi connectivity index (χ2n) is 5.25. The van der Waals surface area contributed by atoms with Crippen molar-refractivity contribution in [1.82, 2.24) is 4.90 Å². The Balaban J connectivity index is 2.02. The average molecular weight is 234 g/mol. The molecule has 0 amide bonds. The number of likely N-dealkylation sites (tertiary alicyclic amines) is 1. The first-order valence-corrected chi connectivity index (χ1v) is 6.40. The summed E-state index contributed by atoms with van der Waals surface area (Å²) in [5, 5.41) is 9.26. The number of aromatic hydroxyl groups is 1. The van der Waals surface area contributed by atoms with Crippen molar-refractivity contribution in [2.75, 3.05) is 13.1 Å². The van der Waals surface area contributed by atoms with Gasteiger partial charge < -0.3 is 10.8 Å². The van der Waals surface area contributed by atoms with E-state index in [2.05, 4.69) is 11.8 Å². The van der Waals surface area contributed by atoms with Crippen LogP contribution in [0, 0.1) is 0 Å². The summed E-state index contributed by atoms with van der Waals surface area (Å²) in [6, 6.07) is 7.35. The molecule has 1 aliphatic rings. The van der Waals surface area contributed by atoms with Crippen molar-refractivity contribution in [1.29, 1.82) is 0 Å². The average Bonchev–Trinajstić information content (AvgIpc) is 2.33. The van der Waals surface area contributed by atoms with Crippen LogP contribution in [0.5, 0.6) is 5.75 Å². The standard InChI is InChI=1S/C14H22N2O/c1-14(15,16-9-3-2-4-10-16)11-12-5-7-13(17)8-6-12/h5-8,17H,2-4,9-11,15H2,1H3. The number of phenols is 1. The first kappa shape index (κ1) is 12.4. The second-order valence-corrected chi connectivity index (χ2v) is 5.25. The van der Waals surface area contributed by atoms with Gasteiger partial charge in [-0.1, -0.05) is 18.6 Å². The van der Waals surface area contributed by atoms with Crippen molar-refractivity contribution < 1.29 is 5.11 Å². The number of nitrogens with zero attached hydrogens (tertiary/aromatic N) is 1. The van der Waals surface area contributed by atoms with E-state index >= 15 is 0 Å². The Hall–Kier alpha value is -1.06. The Morgan fingerprint density at radius 1 is 1.18 bits per heavy atom. The zero-order valence-electron chi connectivity index (χ0n) is 10.5. The minimum absolute atomic E-state index is 0.280. The monoisotopic (exact) mass is 234 g/mol. The summed E-state index contributed by atoms with van der Waals surface area (Å²) >= 11 is 0. The zero-order chi connectivity index (χ0) is 12.3. The predicted molar refractivity (Wildman–Crippen MR) is 69.8 cm³/mol. The van der Waals surface area contributed by atoms with Crippen LogP contribution in [-0.2, 0) is 6.42 Å². The van der Waals surface area contributed by atoms with E-state index in [1.54, 1.807) is 12.1 Å². The molecule has 1 heterocycles. The van der Waals surface area contributed by atoms with Crippen molar-refractivity contribution in [3.8, 4) is 5.75 Å². The highest BCUT2D eigenvalue weighted by atomic mass is 16.3. The van der Waals surface area contributed by atoms with Crippen LogP contribution in [0.2, 0.25) is 0 Å². The van der Waals surface area contributed by atoms with Gasteiger partial charge in [0.05, 0.1) is 5.66 Å². The lowest BCUT2D eigenvalue weighted by Gasteiger charge is -2.40. The van der Waals surface area contributed by atoms with Crippen LogP contribution in [0.25, 0.3) is 0 Å². The first-order chi connectivity index (χ1) is 8.08. The summed E-state index contributed by atoms with van der Waals surface area (Å²) < 4.78 is 0. The molecule has 0 spiro atoms. The molecule has 1 aromatic rings. The highest BCUT2D eigenvalue weighted by molar-refractivity contribution is 5.27. The Bertz CT molecular complexity index is 353. The van der Waals surface area contributed by atoms with Crippen molar-refractivity contribution in [2.24, 2.45) is 5.73 Å². The normalized spacial score (nSPS) is 21.1. The third-order valence-electron chi connectivity index (χ3n) is 3.58. The van der Waals surface area contributed by atoms with Crippen molar-refractivity contribution in [2.45, 2.75) is 38.3 Å². The quantitative estimate of drug-likeness (QED) is 0.842. The number of piperidine rings is 1. The molecule has 1 aliphatic heterocycles. The smallest absolute Gasteiger partial charge is 0.115 e. The lowest BCUT2D eigenvalue weighted by molar-refractivity contribution is 0.0856. The predicted octanol–water partition coefficient (Wildman–Crippen LogP) is 2.10. The van der Waals surface area contributed by atoms with Gasteiger partial charge in [0, 0.05) is 6.42 Å². The first-order valence-electron chi connectivity index (χ1n) is 6.40. The molecular weight excluding hydrogens is 212 g/mol. The van der Waals surface area contributed by atoms with E-state index in [9.17, 15) is 5.11 Å². The van der Waals surface area contributed by atoms with Gasteiger partial charge >= 0.3 is 0 Å². The van der Waals surface area contributed by atoms with Gasteiger partial charge in [0.1, 0.15) is 5.75 Å². The van der Waals surface area contributed by atoms with E-state index in [0.29, 0.717) is 5.75 Å². The SMILES string of the molecule is CC(N)(Cc1ccc(O)cc1)N1CCCCC1. The maximum Gasteiger partial charge on any atom is 0.115 e. The Labute approximate surface area is 103 Å². The largest absolute Gasteiger partial charge is 0.508 e. The third-order valence-corrected chi connectivity index (χ3v) is 3.58. The van der Waals surface area contributed by atoms with Crippen LogP contribution in [0.4, 0.5) is 0 Å². The van der Waals surface area contributed by atoms with E-state index in [0.717, 1.165) is 19.5 Å². The topological polar surface area (TPSA) is 49.5 Å². The summed E-state index contributed by atoms with van der Waals surface area (Å²) in [5.41, 5.74) is 7.32. The Morgan fingerprint density at radius 3 is 2.35 bits per heavy atom. The van der Waals surface area contributed by atoms with Crippen molar-refractivity contribution in [3.63, 3.8) is 0 Å². The third kappa shape index (κ3) is 3.20. The van der Waals surface area contributed by atoms with Gasteiger partial charge in [0.2, 0.25) is 0 Å². The van der Waals surface area contributed by atoms with Gasteiger partial charge in [-0.25, -0.2) is 0 Å². The van der Waals surface area contributed by atoms with Crippen LogP contribution in [0.15, 0.2) is 24.3 Å². The van der Waals surface area contributed by atoms with Crippen molar-refractivity contribution >= 4 is 0 Å². The van der Waals surface area contributed by atoms with Gasteiger partial charge in [-0.2, -0.15) is 0 Å². The molecule has 1 aromatic carbocycles. The lowest BCUT2D eigenvalue weighted by atomic mass is 9.97. The number of rotatable bonds is 3. The molecule has 0 saturated carbocycles. The van der Waals surface area contributed by atoms with E-state index in [1.807, 2.05) is 12.1 Å². The molecule has 0 bridgehead atoms. The van der Waals surface area contributed by atoms with Crippen LogP contribution in [0.3, 0.4) is 0 Å². The van der Waals surface area contributed by atoms with Gasteiger partial charge in [0.25, 0.3) is 0 Å². The van der Waals surface area contributed by atoms with Crippen LogP contribution >= 0.6 is 0 Å². The fraction of sp³-hybridized carbons (Fsp3) is 0.571. The minimum atomic E-state index is -0.280. The van der Waals surface area contributed by atoms with Crippen LogP contribution in [-0.4, -0.2) is 28.8 Å². The summed E-state index contributed by atoms with van der Waals surface area (Å²) in [5.74, 6) is 0.311. The van der Waals surface area contributed by atoms with Gasteiger partial charge in [-0.05, 0) is 50.6 Å². The summed E-state index contributed by atoms with van der Waals surface area (Å²) in [4.78, 5) is 2.38. The van der Waals surface area contributed by atoms with E-state index < -0.39 is 0 Å². The molecule has 3 N–H and O–H groups in total. The minimum Gasteiger partial charge on any atom is -0.508 e. The molecule has 0 aromatic heterocycles. The van der Waals surface area contributed by atoms with Gasteiger partial charge in [0.15, 0.2) is 0 Å². The zero-order valence-corrected chi connectivity index (χ0v) is 10.5. The fourth-order valence-corrected chi connectivity index (χ4v) is 2.54. The number of hydrogen-bond acceptors (Lipinski definition) is 3. The maximum atomic E-state index is 9.26. The fourth-order valence-electron chi connectivity index (χ4n) is 2.54. The molecule has 94 valence electrons. The molecule has 3 nitrogen and oxygen atoms in total. The maximum absolute atomic E-state index is 9.26. The Kier molecular flexibility index (Phi) is 3.69. The molecule has 1 atom stereocenters. The summed E-state index contributed by atoms with van der Waals surface area (Å²) in [6.07, 6.45) is 4.66. The molecule has 0 aliphatic carbocycles. The molecule has 1 fully saturated rings. The molecule has 1 unspecified atom stereocenters. The van der Waals surface area contributed by atoms with Crippen LogP contribution < -0.4 is 5.73 Å². The molecule has 1 saturated heterocycles. The van der Waals surface area contributed by atoms with Gasteiger partial charge in [-0.15, -0.1) is 0 Å². The molecule has 2 rings (SSSR count). The molecule has 17 heavy (non-hydrogen) atoms. The molecular formula is C14H22N2O. The van der Waals surface area contributed by atoms with E-state index in [1.165, 1.54) is 24.8 Å². The van der Waals surface area contributed by atoms with Crippen molar-refractivity contribution in [3.05, 3.63) is 29.8 Å². The second kappa shape index (κ2) is 5.07. The van der Waals surface area contributed by atoms with Crippen LogP contribution in [0.1, 0.15) is 31.7 Å². The van der Waals surface area contributed by atoms with Gasteiger partial charge in [-0.3, -0.25) is 4.90 Å². The summed E-state index contributed by atoms with van der Waals surface area (Å²) in [7, 11) is 0. The summed E-state index contributed by atoms with van der Waals surface area (Å²) in [6.45, 7) is 4.31. The van der Waals surface area contributed by atoms with E-state index in [-0.39, 0.29) is 5.66 Å². The Morgan fingerprint density at radius 2 is 1.76 bits per heavy atom. The number of benzene rings is 1. The molecule has 0 radical (unpaired) electrons. The number of phenolic OH excluding ortho intramolecular Hbond substituents is 1. The highest BCUT2D eigenvalue weighted by Crippen LogP contribution is 2.21. The number of hydrogen-bond donors (Lipinski definition) is 2. The lowest BCUT2D eigenvalue weighted by Crippen LogP contribution is -2.56. The molecule has 3 heteroatoms. The number of nitrogens with two attached hydrogens (primary N) is 1. The highest BCUT2D eigenvalue weighted by Gasteiger charge is 2.28.